The molecule has 1 aliphatic carbocycles. The second-order valence-corrected chi connectivity index (χ2v) is 5.33. The molecule has 1 aromatic rings. The van der Waals surface area contributed by atoms with E-state index in [4.69, 9.17) is 10.8 Å². The summed E-state index contributed by atoms with van der Waals surface area (Å²) in [5.74, 6) is -2.37. The van der Waals surface area contributed by atoms with Crippen LogP contribution in [0.4, 0.5) is 5.69 Å². The highest BCUT2D eigenvalue weighted by atomic mass is 16.4. The van der Waals surface area contributed by atoms with Crippen molar-refractivity contribution in [3.63, 3.8) is 0 Å². The van der Waals surface area contributed by atoms with Crippen molar-refractivity contribution in [3.8, 4) is 0 Å². The predicted octanol–water partition coefficient (Wildman–Crippen LogP) is 1.61. The number of amides is 2. The minimum absolute atomic E-state index is 0.206. The molecule has 2 amide bonds. The van der Waals surface area contributed by atoms with E-state index in [1.165, 1.54) is 6.07 Å². The standard InChI is InChI=1S/C15H18N2O4/c16-13(18)9-3-2-6-12(8-9)17-14(19)10-4-1-5-11(7-10)15(20)21/h2-3,6,8,10-11H,1,4-5,7H2,(H2,16,18)(H,17,19)(H,20,21). The smallest absolute Gasteiger partial charge is 0.306 e. The second-order valence-electron chi connectivity index (χ2n) is 5.33. The first kappa shape index (κ1) is 15.0. The van der Waals surface area contributed by atoms with E-state index in [9.17, 15) is 14.4 Å². The molecule has 0 saturated heterocycles. The number of anilines is 1. The van der Waals surface area contributed by atoms with Crippen LogP contribution in [-0.2, 0) is 9.59 Å². The molecule has 2 rings (SSSR count). The maximum absolute atomic E-state index is 12.2. The van der Waals surface area contributed by atoms with Gasteiger partial charge in [-0.3, -0.25) is 14.4 Å². The molecular weight excluding hydrogens is 272 g/mol. The molecule has 0 radical (unpaired) electrons. The normalized spacial score (nSPS) is 21.5. The van der Waals surface area contributed by atoms with Crippen molar-refractivity contribution >= 4 is 23.5 Å². The van der Waals surface area contributed by atoms with Gasteiger partial charge in [0.25, 0.3) is 0 Å². The van der Waals surface area contributed by atoms with Crippen LogP contribution in [0.1, 0.15) is 36.0 Å². The molecule has 112 valence electrons. The van der Waals surface area contributed by atoms with Gasteiger partial charge in [-0.1, -0.05) is 12.5 Å². The lowest BCUT2D eigenvalue weighted by atomic mass is 9.81. The number of nitrogens with two attached hydrogens (primary N) is 1. The van der Waals surface area contributed by atoms with Gasteiger partial charge in [0.05, 0.1) is 5.92 Å². The summed E-state index contributed by atoms with van der Waals surface area (Å²) >= 11 is 0. The number of nitrogens with one attached hydrogen (secondary N) is 1. The van der Waals surface area contributed by atoms with Crippen molar-refractivity contribution in [1.29, 1.82) is 0 Å². The second kappa shape index (κ2) is 6.39. The van der Waals surface area contributed by atoms with Gasteiger partial charge in [-0.05, 0) is 37.5 Å². The van der Waals surface area contributed by atoms with Crippen LogP contribution in [0, 0.1) is 11.8 Å². The Bertz CT molecular complexity index is 571. The number of carboxylic acid groups (broad SMARTS) is 1. The van der Waals surface area contributed by atoms with E-state index in [0.717, 1.165) is 6.42 Å². The van der Waals surface area contributed by atoms with Crippen molar-refractivity contribution in [2.75, 3.05) is 5.32 Å². The summed E-state index contributed by atoms with van der Waals surface area (Å²) in [5.41, 5.74) is 6.00. The van der Waals surface area contributed by atoms with Crippen LogP contribution in [-0.4, -0.2) is 22.9 Å². The monoisotopic (exact) mass is 290 g/mol. The predicted molar refractivity (Wildman–Crippen MR) is 76.7 cm³/mol. The van der Waals surface area contributed by atoms with E-state index in [2.05, 4.69) is 5.32 Å². The highest BCUT2D eigenvalue weighted by molar-refractivity contribution is 5.97. The average Bonchev–Trinajstić information content (AvgIpc) is 2.47. The Kier molecular flexibility index (Phi) is 4.57. The third kappa shape index (κ3) is 3.81. The summed E-state index contributed by atoms with van der Waals surface area (Å²) in [6.45, 7) is 0. The fourth-order valence-electron chi connectivity index (χ4n) is 2.65. The molecule has 0 aliphatic heterocycles. The number of hydrogen-bond donors (Lipinski definition) is 3. The van der Waals surface area contributed by atoms with Gasteiger partial charge in [0.1, 0.15) is 0 Å². The van der Waals surface area contributed by atoms with Crippen molar-refractivity contribution in [3.05, 3.63) is 29.8 Å². The van der Waals surface area contributed by atoms with Crippen LogP contribution in [0.25, 0.3) is 0 Å². The van der Waals surface area contributed by atoms with E-state index >= 15 is 0 Å². The first-order chi connectivity index (χ1) is 9.97. The Morgan fingerprint density at radius 2 is 1.90 bits per heavy atom. The average molecular weight is 290 g/mol. The molecule has 1 saturated carbocycles. The molecule has 2 atom stereocenters. The van der Waals surface area contributed by atoms with Crippen LogP contribution in [0.15, 0.2) is 24.3 Å². The van der Waals surface area contributed by atoms with Crippen LogP contribution >= 0.6 is 0 Å². The molecule has 21 heavy (non-hydrogen) atoms. The maximum Gasteiger partial charge on any atom is 0.306 e. The quantitative estimate of drug-likeness (QED) is 0.782. The minimum atomic E-state index is -0.844. The van der Waals surface area contributed by atoms with E-state index in [0.29, 0.717) is 30.5 Å². The first-order valence-electron chi connectivity index (χ1n) is 6.91. The zero-order valence-electron chi connectivity index (χ0n) is 11.5. The highest BCUT2D eigenvalue weighted by Gasteiger charge is 2.31. The molecule has 1 aliphatic rings. The number of carboxylic acids is 1. The molecule has 0 spiro atoms. The molecular formula is C15H18N2O4. The van der Waals surface area contributed by atoms with Gasteiger partial charge >= 0.3 is 5.97 Å². The van der Waals surface area contributed by atoms with Crippen LogP contribution < -0.4 is 11.1 Å². The topological polar surface area (TPSA) is 109 Å². The van der Waals surface area contributed by atoms with Crippen LogP contribution in [0.3, 0.4) is 0 Å². The van der Waals surface area contributed by atoms with Gasteiger partial charge in [0.15, 0.2) is 0 Å². The molecule has 0 aromatic heterocycles. The summed E-state index contributed by atoms with van der Waals surface area (Å²) in [5, 5.41) is 11.8. The fraction of sp³-hybridized carbons (Fsp3) is 0.400. The summed E-state index contributed by atoms with van der Waals surface area (Å²) in [4.78, 5) is 34.3. The number of primary amides is 1. The van der Waals surface area contributed by atoms with Crippen LogP contribution in [0.2, 0.25) is 0 Å². The summed E-state index contributed by atoms with van der Waals surface area (Å²) in [7, 11) is 0. The molecule has 6 nitrogen and oxygen atoms in total. The lowest BCUT2D eigenvalue weighted by molar-refractivity contribution is -0.143. The summed E-state index contributed by atoms with van der Waals surface area (Å²) in [6, 6.07) is 6.38. The Morgan fingerprint density at radius 3 is 2.57 bits per heavy atom. The number of carbonyl (C=O) groups excluding carboxylic acids is 2. The third-order valence-electron chi connectivity index (χ3n) is 3.81. The Labute approximate surface area is 122 Å². The molecule has 0 bridgehead atoms. The summed E-state index contributed by atoms with van der Waals surface area (Å²) < 4.78 is 0. The van der Waals surface area contributed by atoms with Crippen molar-refractivity contribution in [2.45, 2.75) is 25.7 Å². The lowest BCUT2D eigenvalue weighted by Crippen LogP contribution is -2.31. The zero-order valence-corrected chi connectivity index (χ0v) is 11.5. The third-order valence-corrected chi connectivity index (χ3v) is 3.81. The van der Waals surface area contributed by atoms with Gasteiger partial charge in [0, 0.05) is 17.2 Å². The van der Waals surface area contributed by atoms with E-state index < -0.39 is 17.8 Å². The van der Waals surface area contributed by atoms with E-state index in [1.807, 2.05) is 0 Å². The van der Waals surface area contributed by atoms with E-state index in [1.54, 1.807) is 18.2 Å². The number of benzene rings is 1. The van der Waals surface area contributed by atoms with Crippen molar-refractivity contribution < 1.29 is 19.5 Å². The lowest BCUT2D eigenvalue weighted by Gasteiger charge is -2.25. The SMILES string of the molecule is NC(=O)c1cccc(NC(=O)C2CCCC(C(=O)O)C2)c1. The Balaban J connectivity index is 2.02. The number of rotatable bonds is 4. The van der Waals surface area contributed by atoms with Gasteiger partial charge in [0.2, 0.25) is 11.8 Å². The molecule has 4 N–H and O–H groups in total. The zero-order chi connectivity index (χ0) is 15.4. The largest absolute Gasteiger partial charge is 0.481 e. The molecule has 1 fully saturated rings. The van der Waals surface area contributed by atoms with Crippen molar-refractivity contribution in [1.82, 2.24) is 0 Å². The minimum Gasteiger partial charge on any atom is -0.481 e. The molecule has 1 aromatic carbocycles. The summed E-state index contributed by atoms with van der Waals surface area (Å²) in [6.07, 6.45) is 2.40. The van der Waals surface area contributed by atoms with E-state index in [-0.39, 0.29) is 11.8 Å². The van der Waals surface area contributed by atoms with Crippen molar-refractivity contribution in [2.24, 2.45) is 17.6 Å². The number of aliphatic carboxylic acids is 1. The van der Waals surface area contributed by atoms with Crippen LogP contribution in [0.5, 0.6) is 0 Å². The fourth-order valence-corrected chi connectivity index (χ4v) is 2.65. The van der Waals surface area contributed by atoms with Gasteiger partial charge in [-0.15, -0.1) is 0 Å². The molecule has 2 unspecified atom stereocenters. The number of hydrogen-bond acceptors (Lipinski definition) is 3. The van der Waals surface area contributed by atoms with Gasteiger partial charge < -0.3 is 16.2 Å². The molecule has 6 heteroatoms. The van der Waals surface area contributed by atoms with Gasteiger partial charge in [-0.25, -0.2) is 0 Å². The molecule has 0 heterocycles. The number of carbonyl (C=O) groups is 3. The Hall–Kier alpha value is -2.37. The maximum atomic E-state index is 12.2. The van der Waals surface area contributed by atoms with Gasteiger partial charge in [-0.2, -0.15) is 0 Å². The highest BCUT2D eigenvalue weighted by Crippen LogP contribution is 2.30. The first-order valence-corrected chi connectivity index (χ1v) is 6.91. The Morgan fingerprint density at radius 1 is 1.19 bits per heavy atom.